The van der Waals surface area contributed by atoms with Crippen molar-refractivity contribution in [3.63, 3.8) is 0 Å². The summed E-state index contributed by atoms with van der Waals surface area (Å²) in [7, 11) is 0. The molecule has 0 bridgehead atoms. The zero-order chi connectivity index (χ0) is 18.2. The van der Waals surface area contributed by atoms with Crippen LogP contribution in [0, 0.1) is 5.92 Å². The van der Waals surface area contributed by atoms with Crippen molar-refractivity contribution in [3.05, 3.63) is 23.4 Å². The van der Waals surface area contributed by atoms with Crippen LogP contribution >= 0.6 is 0 Å². The van der Waals surface area contributed by atoms with Crippen LogP contribution in [0.3, 0.4) is 0 Å². The first-order valence-electron chi connectivity index (χ1n) is 10.3. The van der Waals surface area contributed by atoms with Crippen molar-refractivity contribution < 1.29 is 9.53 Å². The lowest BCUT2D eigenvalue weighted by Crippen LogP contribution is -2.49. The summed E-state index contributed by atoms with van der Waals surface area (Å²) < 4.78 is 4.99. The lowest BCUT2D eigenvalue weighted by Gasteiger charge is -2.38. The summed E-state index contributed by atoms with van der Waals surface area (Å²) in [5.41, 5.74) is 2.60. The highest BCUT2D eigenvalue weighted by atomic mass is 16.5. The molecular weight excluding hydrogens is 326 g/mol. The van der Waals surface area contributed by atoms with Crippen molar-refractivity contribution in [2.75, 3.05) is 38.1 Å². The van der Waals surface area contributed by atoms with Crippen molar-refractivity contribution in [1.29, 1.82) is 0 Å². The second kappa shape index (κ2) is 9.91. The van der Waals surface area contributed by atoms with Crippen LogP contribution in [0.2, 0.25) is 0 Å². The topological polar surface area (TPSA) is 54.5 Å². The fourth-order valence-corrected chi connectivity index (χ4v) is 3.98. The van der Waals surface area contributed by atoms with Gasteiger partial charge in [0, 0.05) is 25.3 Å². The SMILES string of the molecule is CCOC(=O)CN1CC(CCCCCCc2ccc3c(n2)NCCC3)C1. The molecule has 1 aromatic rings. The van der Waals surface area contributed by atoms with E-state index in [1.54, 1.807) is 0 Å². The molecule has 0 atom stereocenters. The van der Waals surface area contributed by atoms with Crippen LogP contribution in [-0.2, 0) is 22.4 Å². The largest absolute Gasteiger partial charge is 0.465 e. The second-order valence-electron chi connectivity index (χ2n) is 7.66. The number of nitrogens with zero attached hydrogens (tertiary/aromatic N) is 2. The lowest BCUT2D eigenvalue weighted by atomic mass is 9.93. The Morgan fingerprint density at radius 3 is 2.96 bits per heavy atom. The zero-order valence-corrected chi connectivity index (χ0v) is 16.1. The van der Waals surface area contributed by atoms with E-state index in [9.17, 15) is 4.79 Å². The van der Waals surface area contributed by atoms with Gasteiger partial charge in [-0.1, -0.05) is 25.3 Å². The van der Waals surface area contributed by atoms with E-state index in [4.69, 9.17) is 9.72 Å². The summed E-state index contributed by atoms with van der Waals surface area (Å²) in [5.74, 6) is 1.81. The zero-order valence-electron chi connectivity index (χ0n) is 16.1. The maximum absolute atomic E-state index is 11.4. The molecule has 1 saturated heterocycles. The van der Waals surface area contributed by atoms with E-state index < -0.39 is 0 Å². The minimum atomic E-state index is -0.0862. The Morgan fingerprint density at radius 1 is 1.27 bits per heavy atom. The Morgan fingerprint density at radius 2 is 2.12 bits per heavy atom. The lowest BCUT2D eigenvalue weighted by molar-refractivity contribution is -0.146. The van der Waals surface area contributed by atoms with Gasteiger partial charge in [0.1, 0.15) is 5.82 Å². The first-order chi connectivity index (χ1) is 12.7. The maximum atomic E-state index is 11.4. The number of hydrogen-bond acceptors (Lipinski definition) is 5. The van der Waals surface area contributed by atoms with E-state index in [-0.39, 0.29) is 5.97 Å². The van der Waals surface area contributed by atoms with E-state index in [1.807, 2.05) is 6.92 Å². The summed E-state index contributed by atoms with van der Waals surface area (Å²) in [6.07, 6.45) is 9.88. The Labute approximate surface area is 157 Å². The Kier molecular flexibility index (Phi) is 7.30. The summed E-state index contributed by atoms with van der Waals surface area (Å²) in [6, 6.07) is 4.46. The van der Waals surface area contributed by atoms with E-state index in [0.717, 1.165) is 44.2 Å². The number of ether oxygens (including phenoxy) is 1. The molecule has 2 aliphatic heterocycles. The van der Waals surface area contributed by atoms with Gasteiger partial charge in [-0.15, -0.1) is 0 Å². The molecular formula is C21H33N3O2. The minimum Gasteiger partial charge on any atom is -0.465 e. The van der Waals surface area contributed by atoms with E-state index >= 15 is 0 Å². The van der Waals surface area contributed by atoms with Gasteiger partial charge in [0.15, 0.2) is 0 Å². The quantitative estimate of drug-likeness (QED) is 0.512. The highest BCUT2D eigenvalue weighted by Gasteiger charge is 2.27. The molecule has 5 nitrogen and oxygen atoms in total. The molecule has 26 heavy (non-hydrogen) atoms. The van der Waals surface area contributed by atoms with Crippen molar-refractivity contribution in [2.45, 2.75) is 58.3 Å². The molecule has 0 aliphatic carbocycles. The number of esters is 1. The van der Waals surface area contributed by atoms with Crippen LogP contribution in [0.25, 0.3) is 0 Å². The number of anilines is 1. The first kappa shape index (κ1) is 19.2. The van der Waals surface area contributed by atoms with Crippen LogP contribution in [0.4, 0.5) is 5.82 Å². The van der Waals surface area contributed by atoms with Crippen LogP contribution in [0.15, 0.2) is 12.1 Å². The predicted molar refractivity (Wildman–Crippen MR) is 104 cm³/mol. The van der Waals surface area contributed by atoms with Gasteiger partial charge in [-0.05, 0) is 56.6 Å². The van der Waals surface area contributed by atoms with Crippen molar-refractivity contribution >= 4 is 11.8 Å². The van der Waals surface area contributed by atoms with Crippen molar-refractivity contribution in [2.24, 2.45) is 5.92 Å². The van der Waals surface area contributed by atoms with Crippen molar-refractivity contribution in [3.8, 4) is 0 Å². The van der Waals surface area contributed by atoms with E-state index in [0.29, 0.717) is 13.2 Å². The summed E-state index contributed by atoms with van der Waals surface area (Å²) in [6.45, 7) is 5.98. The normalized spacial score (nSPS) is 17.3. The number of aromatic nitrogens is 1. The van der Waals surface area contributed by atoms with Gasteiger partial charge in [0.05, 0.1) is 13.2 Å². The minimum absolute atomic E-state index is 0.0862. The number of carbonyl (C=O) groups excluding carboxylic acids is 1. The van der Waals surface area contributed by atoms with Gasteiger partial charge < -0.3 is 10.1 Å². The van der Waals surface area contributed by atoms with Crippen LogP contribution in [0.5, 0.6) is 0 Å². The number of unbranched alkanes of at least 4 members (excludes halogenated alkanes) is 3. The predicted octanol–water partition coefficient (Wildman–Crippen LogP) is 3.43. The van der Waals surface area contributed by atoms with Gasteiger partial charge in [-0.25, -0.2) is 4.98 Å². The van der Waals surface area contributed by atoms with Gasteiger partial charge >= 0.3 is 5.97 Å². The third-order valence-corrected chi connectivity index (χ3v) is 5.44. The Balaban J connectivity index is 1.21. The molecule has 3 heterocycles. The molecule has 1 N–H and O–H groups in total. The molecule has 0 unspecified atom stereocenters. The molecule has 0 amide bonds. The van der Waals surface area contributed by atoms with Crippen LogP contribution in [-0.4, -0.2) is 48.6 Å². The second-order valence-corrected chi connectivity index (χ2v) is 7.66. The smallest absolute Gasteiger partial charge is 0.320 e. The number of hydrogen-bond donors (Lipinski definition) is 1. The summed E-state index contributed by atoms with van der Waals surface area (Å²) in [5, 5.41) is 3.42. The molecule has 0 radical (unpaired) electrons. The monoisotopic (exact) mass is 359 g/mol. The molecule has 0 spiro atoms. The number of likely N-dealkylation sites (tertiary alicyclic amines) is 1. The Bertz CT molecular complexity index is 585. The third kappa shape index (κ3) is 5.70. The fraction of sp³-hybridized carbons (Fsp3) is 0.714. The molecule has 1 aromatic heterocycles. The van der Waals surface area contributed by atoms with Gasteiger partial charge in [0.2, 0.25) is 0 Å². The molecule has 1 fully saturated rings. The number of nitrogens with one attached hydrogen (secondary N) is 1. The molecule has 3 rings (SSSR count). The van der Waals surface area contributed by atoms with Gasteiger partial charge in [-0.2, -0.15) is 0 Å². The summed E-state index contributed by atoms with van der Waals surface area (Å²) >= 11 is 0. The fourth-order valence-electron chi connectivity index (χ4n) is 3.98. The highest BCUT2D eigenvalue weighted by molar-refractivity contribution is 5.71. The van der Waals surface area contributed by atoms with Crippen LogP contribution in [0.1, 0.15) is 56.7 Å². The highest BCUT2D eigenvalue weighted by Crippen LogP contribution is 2.23. The summed E-state index contributed by atoms with van der Waals surface area (Å²) in [4.78, 5) is 18.4. The molecule has 2 aliphatic rings. The first-order valence-corrected chi connectivity index (χ1v) is 10.3. The third-order valence-electron chi connectivity index (χ3n) is 5.44. The standard InChI is InChI=1S/C21H33N3O2/c1-2-26-20(25)16-24-14-17(15-24)8-5-3-4-6-10-19-12-11-18-9-7-13-22-21(18)23-19/h11-12,17H,2-10,13-16H2,1H3,(H,22,23). The molecule has 5 heteroatoms. The molecule has 144 valence electrons. The van der Waals surface area contributed by atoms with E-state index in [1.165, 1.54) is 49.8 Å². The maximum Gasteiger partial charge on any atom is 0.320 e. The number of carbonyl (C=O) groups is 1. The number of fused-ring (bicyclic) bond motifs is 1. The molecule has 0 saturated carbocycles. The van der Waals surface area contributed by atoms with Crippen molar-refractivity contribution in [1.82, 2.24) is 9.88 Å². The average molecular weight is 360 g/mol. The molecule has 0 aromatic carbocycles. The number of aryl methyl sites for hydroxylation is 2. The Hall–Kier alpha value is -1.62. The van der Waals surface area contributed by atoms with Crippen LogP contribution < -0.4 is 5.32 Å². The van der Waals surface area contributed by atoms with Gasteiger partial charge in [-0.3, -0.25) is 9.69 Å². The van der Waals surface area contributed by atoms with E-state index in [2.05, 4.69) is 22.3 Å². The average Bonchev–Trinajstić information content (AvgIpc) is 2.62. The number of pyridine rings is 1. The van der Waals surface area contributed by atoms with Gasteiger partial charge in [0.25, 0.3) is 0 Å². The number of rotatable bonds is 10.